The van der Waals surface area contributed by atoms with Gasteiger partial charge in [0.2, 0.25) is 5.91 Å². The molecule has 26 heavy (non-hydrogen) atoms. The van der Waals surface area contributed by atoms with E-state index in [0.29, 0.717) is 6.42 Å². The summed E-state index contributed by atoms with van der Waals surface area (Å²) in [6.45, 7) is 6.16. The summed E-state index contributed by atoms with van der Waals surface area (Å²) < 4.78 is 0. The lowest BCUT2D eigenvalue weighted by atomic mass is 10.1. The predicted octanol–water partition coefficient (Wildman–Crippen LogP) is 3.68. The number of aromatic nitrogens is 1. The van der Waals surface area contributed by atoms with E-state index < -0.39 is 0 Å². The van der Waals surface area contributed by atoms with Crippen LogP contribution in [0.15, 0.2) is 29.6 Å². The van der Waals surface area contributed by atoms with E-state index in [2.05, 4.69) is 34.3 Å². The molecular weight excluding hydrogens is 344 g/mol. The average molecular weight is 373 g/mol. The molecule has 140 valence electrons. The Morgan fingerprint density at radius 3 is 2.88 bits per heavy atom. The molecule has 2 heterocycles. The van der Waals surface area contributed by atoms with Gasteiger partial charge in [-0.3, -0.25) is 4.79 Å². The third-order valence-electron chi connectivity index (χ3n) is 4.78. The van der Waals surface area contributed by atoms with Crippen LogP contribution in [0.25, 0.3) is 0 Å². The monoisotopic (exact) mass is 372 g/mol. The number of hydrogen-bond donors (Lipinski definition) is 1. The minimum Gasteiger partial charge on any atom is -0.344 e. The standard InChI is InChI=1S/C20H28N4OS/c1-16-7-6-8-17(13-16)21-20-22-18(15-26-20)14-19(25)23(2)11-12-24-9-4-3-5-10-24/h6-8,13,15H,3-5,9-12,14H2,1-2H3,(H,21,22). The Morgan fingerprint density at radius 2 is 2.12 bits per heavy atom. The molecule has 1 aliphatic heterocycles. The summed E-state index contributed by atoms with van der Waals surface area (Å²) in [5.41, 5.74) is 3.06. The Morgan fingerprint density at radius 1 is 1.31 bits per heavy atom. The molecule has 1 aliphatic rings. The van der Waals surface area contributed by atoms with Crippen LogP contribution in [0.3, 0.4) is 0 Å². The van der Waals surface area contributed by atoms with Crippen molar-refractivity contribution in [2.45, 2.75) is 32.6 Å². The van der Waals surface area contributed by atoms with Gasteiger partial charge < -0.3 is 15.1 Å². The van der Waals surface area contributed by atoms with E-state index in [9.17, 15) is 4.79 Å². The number of likely N-dealkylation sites (tertiary alicyclic amines) is 1. The Bertz CT molecular complexity index is 724. The van der Waals surface area contributed by atoms with Crippen LogP contribution in [0.4, 0.5) is 10.8 Å². The van der Waals surface area contributed by atoms with Crippen molar-refractivity contribution >= 4 is 28.1 Å². The van der Waals surface area contributed by atoms with Crippen LogP contribution in [0.1, 0.15) is 30.5 Å². The van der Waals surface area contributed by atoms with Crippen LogP contribution in [0.2, 0.25) is 0 Å². The number of aryl methyl sites for hydroxylation is 1. The van der Waals surface area contributed by atoms with Crippen LogP contribution < -0.4 is 5.32 Å². The summed E-state index contributed by atoms with van der Waals surface area (Å²) in [4.78, 5) is 21.3. The number of carbonyl (C=O) groups is 1. The molecule has 0 bridgehead atoms. The Labute approximate surface area is 160 Å². The molecule has 5 nitrogen and oxygen atoms in total. The molecule has 1 saturated heterocycles. The quantitative estimate of drug-likeness (QED) is 0.805. The van der Waals surface area contributed by atoms with Gasteiger partial charge in [0.15, 0.2) is 5.13 Å². The van der Waals surface area contributed by atoms with Gasteiger partial charge in [-0.25, -0.2) is 4.98 Å². The maximum Gasteiger partial charge on any atom is 0.228 e. The van der Waals surface area contributed by atoms with E-state index >= 15 is 0 Å². The molecule has 6 heteroatoms. The van der Waals surface area contributed by atoms with Gasteiger partial charge in [0.25, 0.3) is 0 Å². The smallest absolute Gasteiger partial charge is 0.228 e. The number of hydrogen-bond acceptors (Lipinski definition) is 5. The number of anilines is 2. The van der Waals surface area contributed by atoms with E-state index in [-0.39, 0.29) is 5.91 Å². The minimum absolute atomic E-state index is 0.134. The number of carbonyl (C=O) groups excluding carboxylic acids is 1. The van der Waals surface area contributed by atoms with Crippen molar-refractivity contribution < 1.29 is 4.79 Å². The lowest BCUT2D eigenvalue weighted by molar-refractivity contribution is -0.129. The number of rotatable bonds is 7. The Kier molecular flexibility index (Phi) is 6.63. The topological polar surface area (TPSA) is 48.5 Å². The first-order chi connectivity index (χ1) is 12.6. The van der Waals surface area contributed by atoms with Gasteiger partial charge in [0.1, 0.15) is 0 Å². The second-order valence-electron chi connectivity index (χ2n) is 7.03. The molecule has 0 unspecified atom stereocenters. The minimum atomic E-state index is 0.134. The number of amides is 1. The van der Waals surface area contributed by atoms with Crippen molar-refractivity contribution in [2.24, 2.45) is 0 Å². The van der Waals surface area contributed by atoms with E-state index in [0.717, 1.165) is 29.6 Å². The highest BCUT2D eigenvalue weighted by molar-refractivity contribution is 7.13. The van der Waals surface area contributed by atoms with Gasteiger partial charge in [-0.1, -0.05) is 18.6 Å². The SMILES string of the molecule is Cc1cccc(Nc2nc(CC(=O)N(C)CCN3CCCCC3)cs2)c1. The van der Waals surface area contributed by atoms with Gasteiger partial charge in [0.05, 0.1) is 12.1 Å². The Hall–Kier alpha value is -1.92. The molecule has 1 fully saturated rings. The van der Waals surface area contributed by atoms with E-state index in [4.69, 9.17) is 0 Å². The van der Waals surface area contributed by atoms with E-state index in [1.165, 1.54) is 49.3 Å². The van der Waals surface area contributed by atoms with Crippen LogP contribution in [0, 0.1) is 6.92 Å². The van der Waals surface area contributed by atoms with Gasteiger partial charge >= 0.3 is 0 Å². The normalized spacial score (nSPS) is 15.0. The molecule has 1 amide bonds. The first kappa shape index (κ1) is 18.9. The maximum absolute atomic E-state index is 12.4. The Balaban J connectivity index is 1.47. The van der Waals surface area contributed by atoms with Crippen LogP contribution in [-0.2, 0) is 11.2 Å². The fourth-order valence-corrected chi connectivity index (χ4v) is 3.91. The van der Waals surface area contributed by atoms with Crippen molar-refractivity contribution in [3.05, 3.63) is 40.9 Å². The summed E-state index contributed by atoms with van der Waals surface area (Å²) in [5.74, 6) is 0.134. The number of thiazole rings is 1. The highest BCUT2D eigenvalue weighted by atomic mass is 32.1. The van der Waals surface area contributed by atoms with Gasteiger partial charge in [-0.15, -0.1) is 11.3 Å². The largest absolute Gasteiger partial charge is 0.344 e. The summed E-state index contributed by atoms with van der Waals surface area (Å²) >= 11 is 1.54. The maximum atomic E-state index is 12.4. The fourth-order valence-electron chi connectivity index (χ4n) is 3.18. The molecule has 2 aromatic rings. The summed E-state index contributed by atoms with van der Waals surface area (Å²) in [5, 5.41) is 6.11. The van der Waals surface area contributed by atoms with Crippen molar-refractivity contribution in [2.75, 3.05) is 38.5 Å². The van der Waals surface area contributed by atoms with Crippen molar-refractivity contribution in [1.29, 1.82) is 0 Å². The van der Waals surface area contributed by atoms with Crippen LogP contribution >= 0.6 is 11.3 Å². The molecule has 1 aromatic carbocycles. The number of nitrogens with one attached hydrogen (secondary N) is 1. The highest BCUT2D eigenvalue weighted by Crippen LogP contribution is 2.22. The summed E-state index contributed by atoms with van der Waals surface area (Å²) in [6, 6.07) is 8.19. The molecule has 0 atom stereocenters. The lowest BCUT2D eigenvalue weighted by Crippen LogP contribution is -2.39. The molecule has 0 aliphatic carbocycles. The predicted molar refractivity (Wildman–Crippen MR) is 108 cm³/mol. The zero-order chi connectivity index (χ0) is 18.4. The summed E-state index contributed by atoms with van der Waals surface area (Å²) in [7, 11) is 1.89. The van der Waals surface area contributed by atoms with E-state index in [1.54, 1.807) is 0 Å². The summed E-state index contributed by atoms with van der Waals surface area (Å²) in [6.07, 6.45) is 4.27. The molecular formula is C20H28N4OS. The van der Waals surface area contributed by atoms with E-state index in [1.807, 2.05) is 29.5 Å². The van der Waals surface area contributed by atoms with Crippen molar-refractivity contribution in [3.8, 4) is 0 Å². The molecule has 1 N–H and O–H groups in total. The average Bonchev–Trinajstić information content (AvgIpc) is 3.07. The molecule has 0 spiro atoms. The van der Waals surface area contributed by atoms with Crippen LogP contribution in [0.5, 0.6) is 0 Å². The highest BCUT2D eigenvalue weighted by Gasteiger charge is 2.15. The second kappa shape index (κ2) is 9.14. The molecule has 3 rings (SSSR count). The third kappa shape index (κ3) is 5.54. The fraction of sp³-hybridized carbons (Fsp3) is 0.500. The second-order valence-corrected chi connectivity index (χ2v) is 7.89. The molecule has 0 saturated carbocycles. The zero-order valence-electron chi connectivity index (χ0n) is 15.7. The molecule has 1 aromatic heterocycles. The number of likely N-dealkylation sites (N-methyl/N-ethyl adjacent to an activating group) is 1. The van der Waals surface area contributed by atoms with Crippen molar-refractivity contribution in [3.63, 3.8) is 0 Å². The zero-order valence-corrected chi connectivity index (χ0v) is 16.5. The number of nitrogens with zero attached hydrogens (tertiary/aromatic N) is 3. The van der Waals surface area contributed by atoms with Crippen molar-refractivity contribution in [1.82, 2.24) is 14.8 Å². The first-order valence-corrected chi connectivity index (χ1v) is 10.2. The van der Waals surface area contributed by atoms with Gasteiger partial charge in [0, 0.05) is 31.2 Å². The number of piperidine rings is 1. The lowest BCUT2D eigenvalue weighted by Gasteiger charge is -2.28. The first-order valence-electron chi connectivity index (χ1n) is 9.34. The van der Waals surface area contributed by atoms with Crippen LogP contribution in [-0.4, -0.2) is 53.9 Å². The third-order valence-corrected chi connectivity index (χ3v) is 5.59. The molecule has 0 radical (unpaired) electrons. The van der Waals surface area contributed by atoms with Gasteiger partial charge in [-0.2, -0.15) is 0 Å². The number of benzene rings is 1. The van der Waals surface area contributed by atoms with Gasteiger partial charge in [-0.05, 0) is 50.6 Å².